The number of primary amides is 1. The van der Waals surface area contributed by atoms with Gasteiger partial charge in [-0.3, -0.25) is 4.79 Å². The molecule has 0 fully saturated rings. The van der Waals surface area contributed by atoms with Crippen LogP contribution in [-0.2, 0) is 4.79 Å². The molecule has 3 nitrogen and oxygen atoms in total. The number of quaternary nitrogens is 1. The SMILES string of the molecule is CC[C@@H](C)[C@@H]([NH3+])C(N)=O. The molecule has 0 saturated carbocycles. The molecule has 0 radical (unpaired) electrons. The van der Waals surface area contributed by atoms with Gasteiger partial charge in [-0.2, -0.15) is 0 Å². The summed E-state index contributed by atoms with van der Waals surface area (Å²) in [6.07, 6.45) is 0.955. The van der Waals surface area contributed by atoms with E-state index in [1.165, 1.54) is 0 Å². The van der Waals surface area contributed by atoms with E-state index in [9.17, 15) is 4.79 Å². The molecule has 0 spiro atoms. The van der Waals surface area contributed by atoms with E-state index >= 15 is 0 Å². The molecule has 9 heavy (non-hydrogen) atoms. The van der Waals surface area contributed by atoms with Crippen LogP contribution >= 0.6 is 0 Å². The van der Waals surface area contributed by atoms with Gasteiger partial charge >= 0.3 is 0 Å². The average Bonchev–Trinajstić information content (AvgIpc) is 1.84. The van der Waals surface area contributed by atoms with Crippen LogP contribution in [0.4, 0.5) is 0 Å². The van der Waals surface area contributed by atoms with Gasteiger partial charge in [0.05, 0.1) is 0 Å². The van der Waals surface area contributed by atoms with Crippen molar-refractivity contribution in [3.05, 3.63) is 0 Å². The molecule has 0 aliphatic rings. The average molecular weight is 131 g/mol. The van der Waals surface area contributed by atoms with Crippen LogP contribution in [0.5, 0.6) is 0 Å². The standard InChI is InChI=1S/C6H14N2O/c1-3-4(2)5(7)6(8)9/h4-5H,3,7H2,1-2H3,(H2,8,9)/p+1/t4-,5-/m1/s1. The summed E-state index contributed by atoms with van der Waals surface area (Å²) in [5, 5.41) is 0. The Bertz CT molecular complexity index is 103. The highest BCUT2D eigenvalue weighted by Gasteiger charge is 2.19. The van der Waals surface area contributed by atoms with Crippen LogP contribution in [0, 0.1) is 5.92 Å². The van der Waals surface area contributed by atoms with Crippen molar-refractivity contribution in [2.45, 2.75) is 26.3 Å². The third-order valence-electron chi connectivity index (χ3n) is 1.70. The molecule has 0 aromatic heterocycles. The van der Waals surface area contributed by atoms with E-state index in [1.807, 2.05) is 13.8 Å². The van der Waals surface area contributed by atoms with Crippen molar-refractivity contribution in [2.24, 2.45) is 11.7 Å². The Balaban J connectivity index is 3.72. The quantitative estimate of drug-likeness (QED) is 0.513. The summed E-state index contributed by atoms with van der Waals surface area (Å²) in [5.41, 5.74) is 8.64. The van der Waals surface area contributed by atoms with Crippen LogP contribution in [-0.4, -0.2) is 11.9 Å². The van der Waals surface area contributed by atoms with Crippen molar-refractivity contribution in [3.63, 3.8) is 0 Å². The number of rotatable bonds is 3. The van der Waals surface area contributed by atoms with Crippen LogP contribution < -0.4 is 11.5 Å². The van der Waals surface area contributed by atoms with E-state index in [0.717, 1.165) is 6.42 Å². The zero-order valence-corrected chi connectivity index (χ0v) is 6.05. The van der Waals surface area contributed by atoms with Crippen LogP contribution in [0.25, 0.3) is 0 Å². The fourth-order valence-corrected chi connectivity index (χ4v) is 0.565. The molecule has 0 heterocycles. The van der Waals surface area contributed by atoms with E-state index in [4.69, 9.17) is 5.73 Å². The molecule has 0 bridgehead atoms. The second-order valence-corrected chi connectivity index (χ2v) is 2.39. The van der Waals surface area contributed by atoms with E-state index in [2.05, 4.69) is 5.73 Å². The number of carbonyl (C=O) groups is 1. The second kappa shape index (κ2) is 3.45. The van der Waals surface area contributed by atoms with Gasteiger partial charge < -0.3 is 11.5 Å². The lowest BCUT2D eigenvalue weighted by Crippen LogP contribution is -2.69. The maximum absolute atomic E-state index is 10.5. The van der Waals surface area contributed by atoms with Gasteiger partial charge in [-0.1, -0.05) is 13.8 Å². The highest BCUT2D eigenvalue weighted by Crippen LogP contribution is 2.01. The molecule has 0 saturated heterocycles. The highest BCUT2D eigenvalue weighted by atomic mass is 16.1. The van der Waals surface area contributed by atoms with E-state index in [-0.39, 0.29) is 11.9 Å². The van der Waals surface area contributed by atoms with Crippen molar-refractivity contribution in [3.8, 4) is 0 Å². The molecule has 3 heteroatoms. The lowest BCUT2D eigenvalue weighted by molar-refractivity contribution is -0.414. The first-order chi connectivity index (χ1) is 4.09. The first-order valence-electron chi connectivity index (χ1n) is 3.22. The highest BCUT2D eigenvalue weighted by molar-refractivity contribution is 5.78. The molecule has 5 N–H and O–H groups in total. The molecule has 0 aliphatic heterocycles. The van der Waals surface area contributed by atoms with Crippen LogP contribution in [0.3, 0.4) is 0 Å². The lowest BCUT2D eigenvalue weighted by atomic mass is 10.00. The van der Waals surface area contributed by atoms with Gasteiger partial charge in [-0.15, -0.1) is 0 Å². The molecule has 0 rings (SSSR count). The Hall–Kier alpha value is -0.570. The zero-order valence-electron chi connectivity index (χ0n) is 6.05. The summed E-state index contributed by atoms with van der Waals surface area (Å²) in [5.74, 6) is 0.00634. The third-order valence-corrected chi connectivity index (χ3v) is 1.70. The Morgan fingerprint density at radius 3 is 2.33 bits per heavy atom. The summed E-state index contributed by atoms with van der Waals surface area (Å²) in [7, 11) is 0. The van der Waals surface area contributed by atoms with Crippen LogP contribution in [0.1, 0.15) is 20.3 Å². The molecule has 2 atom stereocenters. The second-order valence-electron chi connectivity index (χ2n) is 2.39. The summed E-state index contributed by atoms with van der Waals surface area (Å²) in [4.78, 5) is 10.5. The summed E-state index contributed by atoms with van der Waals surface area (Å²) in [6, 6.07) is -0.227. The summed E-state index contributed by atoms with van der Waals surface area (Å²) >= 11 is 0. The van der Waals surface area contributed by atoms with Gasteiger partial charge in [-0.25, -0.2) is 0 Å². The van der Waals surface area contributed by atoms with Crippen LogP contribution in [0.2, 0.25) is 0 Å². The van der Waals surface area contributed by atoms with Gasteiger partial charge in [0.1, 0.15) is 0 Å². The number of hydrogen-bond donors (Lipinski definition) is 2. The van der Waals surface area contributed by atoms with Crippen molar-refractivity contribution >= 4 is 5.91 Å². The first kappa shape index (κ1) is 8.43. The monoisotopic (exact) mass is 131 g/mol. The largest absolute Gasteiger partial charge is 0.365 e. The predicted molar refractivity (Wildman–Crippen MR) is 35.3 cm³/mol. The molecular formula is C6H15N2O+. The van der Waals surface area contributed by atoms with Gasteiger partial charge in [0.15, 0.2) is 6.04 Å². The normalized spacial score (nSPS) is 16.8. The fourth-order valence-electron chi connectivity index (χ4n) is 0.565. The summed E-state index contributed by atoms with van der Waals surface area (Å²) in [6.45, 7) is 3.99. The molecular weight excluding hydrogens is 116 g/mol. The van der Waals surface area contributed by atoms with Crippen molar-refractivity contribution in [1.82, 2.24) is 0 Å². The topological polar surface area (TPSA) is 70.7 Å². The molecule has 0 aromatic carbocycles. The molecule has 1 amide bonds. The number of hydrogen-bond acceptors (Lipinski definition) is 1. The summed E-state index contributed by atoms with van der Waals surface area (Å²) < 4.78 is 0. The molecule has 0 aromatic rings. The fraction of sp³-hybridized carbons (Fsp3) is 0.833. The van der Waals surface area contributed by atoms with Gasteiger partial charge in [0.25, 0.3) is 5.91 Å². The van der Waals surface area contributed by atoms with Crippen molar-refractivity contribution < 1.29 is 10.5 Å². The smallest absolute Gasteiger partial charge is 0.275 e. The number of amides is 1. The third kappa shape index (κ3) is 2.46. The zero-order chi connectivity index (χ0) is 7.44. The first-order valence-corrected chi connectivity index (χ1v) is 3.22. The Labute approximate surface area is 55.4 Å². The maximum atomic E-state index is 10.5. The van der Waals surface area contributed by atoms with E-state index in [0.29, 0.717) is 5.92 Å². The molecule has 0 aliphatic carbocycles. The maximum Gasteiger partial charge on any atom is 0.275 e. The minimum Gasteiger partial charge on any atom is -0.365 e. The predicted octanol–water partition coefficient (Wildman–Crippen LogP) is -0.872. The van der Waals surface area contributed by atoms with Crippen molar-refractivity contribution in [1.29, 1.82) is 0 Å². The number of nitrogens with two attached hydrogens (primary N) is 1. The van der Waals surface area contributed by atoms with Gasteiger partial charge in [0.2, 0.25) is 0 Å². The van der Waals surface area contributed by atoms with Gasteiger partial charge in [0, 0.05) is 5.92 Å². The molecule has 54 valence electrons. The van der Waals surface area contributed by atoms with E-state index < -0.39 is 0 Å². The minimum atomic E-state index is -0.302. The Kier molecular flexibility index (Phi) is 3.24. The number of carbonyl (C=O) groups excluding carboxylic acids is 1. The minimum absolute atomic E-state index is 0.227. The Morgan fingerprint density at radius 2 is 2.22 bits per heavy atom. The van der Waals surface area contributed by atoms with Gasteiger partial charge in [-0.05, 0) is 6.42 Å². The molecule has 0 unspecified atom stereocenters. The lowest BCUT2D eigenvalue weighted by Gasteiger charge is -2.09. The van der Waals surface area contributed by atoms with Crippen molar-refractivity contribution in [2.75, 3.05) is 0 Å². The Morgan fingerprint density at radius 1 is 1.78 bits per heavy atom. The van der Waals surface area contributed by atoms with E-state index in [1.54, 1.807) is 0 Å². The van der Waals surface area contributed by atoms with Crippen LogP contribution in [0.15, 0.2) is 0 Å².